The van der Waals surface area contributed by atoms with Crippen molar-refractivity contribution in [1.29, 1.82) is 0 Å². The lowest BCUT2D eigenvalue weighted by molar-refractivity contribution is 0.1000. The summed E-state index contributed by atoms with van der Waals surface area (Å²) in [7, 11) is 0. The third-order valence-corrected chi connectivity index (χ3v) is 6.01. The molecule has 5 heteroatoms. The highest BCUT2D eigenvalue weighted by Gasteiger charge is 2.22. The van der Waals surface area contributed by atoms with Crippen LogP contribution in [0.1, 0.15) is 42.5 Å². The van der Waals surface area contributed by atoms with Gasteiger partial charge in [-0.15, -0.1) is 0 Å². The molecule has 0 spiro atoms. The summed E-state index contributed by atoms with van der Waals surface area (Å²) in [6.45, 7) is 4.76. The van der Waals surface area contributed by atoms with Gasteiger partial charge in [-0.25, -0.2) is 4.99 Å². The number of para-hydroxylation sites is 1. The van der Waals surface area contributed by atoms with E-state index in [0.717, 1.165) is 24.1 Å². The number of aliphatic imine (C=N–C) groups is 1. The third kappa shape index (κ3) is 3.90. The topological polar surface area (TPSA) is 67.8 Å². The highest BCUT2D eigenvalue weighted by Crippen LogP contribution is 2.33. The van der Waals surface area contributed by atoms with Crippen LogP contribution in [0.15, 0.2) is 28.2 Å². The largest absolute Gasteiger partial charge is 0.330 e. The van der Waals surface area contributed by atoms with Crippen LogP contribution in [0.5, 0.6) is 0 Å². The summed E-state index contributed by atoms with van der Waals surface area (Å²) in [5, 5.41) is 2.12. The average Bonchev–Trinajstić information content (AvgIpc) is 2.56. The molecule has 1 amide bonds. The van der Waals surface area contributed by atoms with Crippen LogP contribution in [0.4, 0.5) is 0 Å². The van der Waals surface area contributed by atoms with E-state index in [-0.39, 0.29) is 5.91 Å². The Morgan fingerprint density at radius 2 is 2.00 bits per heavy atom. The van der Waals surface area contributed by atoms with Crippen molar-refractivity contribution in [3.63, 3.8) is 0 Å². The molecule has 122 valence electrons. The van der Waals surface area contributed by atoms with Gasteiger partial charge in [0.15, 0.2) is 0 Å². The van der Waals surface area contributed by atoms with E-state index < -0.39 is 0 Å². The molecule has 2 aliphatic rings. The highest BCUT2D eigenvalue weighted by atomic mass is 32.2. The van der Waals surface area contributed by atoms with Gasteiger partial charge >= 0.3 is 0 Å². The van der Waals surface area contributed by atoms with E-state index in [1.165, 1.54) is 25.7 Å². The Balaban J connectivity index is 1.61. The first-order valence-electron chi connectivity index (χ1n) is 8.27. The van der Waals surface area contributed by atoms with Gasteiger partial charge in [0.05, 0.1) is 16.7 Å². The van der Waals surface area contributed by atoms with Crippen molar-refractivity contribution in [3.05, 3.63) is 34.3 Å². The molecule has 1 aromatic carbocycles. The molecular weight excluding hydrogens is 306 g/mol. The zero-order chi connectivity index (χ0) is 16.2. The monoisotopic (exact) mass is 329 g/mol. The highest BCUT2D eigenvalue weighted by molar-refractivity contribution is 8.00. The second kappa shape index (κ2) is 7.41. The number of hydrogen-bond donors (Lipinski definition) is 1. The molecular formula is C18H23N3OS. The number of nitrogens with two attached hydrogens (primary N) is 1. The van der Waals surface area contributed by atoms with Gasteiger partial charge in [0, 0.05) is 5.25 Å². The first-order chi connectivity index (χ1) is 11.2. The zero-order valence-corrected chi connectivity index (χ0v) is 14.1. The van der Waals surface area contributed by atoms with Crippen molar-refractivity contribution in [3.8, 4) is 0 Å². The second-order valence-electron chi connectivity index (χ2n) is 6.29. The van der Waals surface area contributed by atoms with Crippen LogP contribution in [0.25, 0.3) is 6.58 Å². The van der Waals surface area contributed by atoms with Gasteiger partial charge in [-0.2, -0.15) is 16.8 Å². The number of nitrogens with zero attached hydrogens (tertiary/aromatic N) is 2. The lowest BCUT2D eigenvalue weighted by atomic mass is 9.87. The van der Waals surface area contributed by atoms with Crippen LogP contribution in [0.3, 0.4) is 0 Å². The van der Waals surface area contributed by atoms with E-state index in [9.17, 15) is 4.79 Å². The van der Waals surface area contributed by atoms with E-state index in [2.05, 4.69) is 16.6 Å². The summed E-state index contributed by atoms with van der Waals surface area (Å²) >= 11 is 1.88. The van der Waals surface area contributed by atoms with Crippen molar-refractivity contribution >= 4 is 30.1 Å². The quantitative estimate of drug-likeness (QED) is 0.897. The van der Waals surface area contributed by atoms with Crippen LogP contribution in [-0.2, 0) is 0 Å². The summed E-state index contributed by atoms with van der Waals surface area (Å²) < 4.78 is 0. The number of amides is 1. The van der Waals surface area contributed by atoms with Gasteiger partial charge in [-0.05, 0) is 55.9 Å². The molecule has 1 aliphatic carbocycles. The van der Waals surface area contributed by atoms with Gasteiger partial charge in [0.25, 0.3) is 5.91 Å². The number of thioether (sulfide) groups is 1. The Hall–Kier alpha value is -1.46. The molecule has 0 radical (unpaired) electrons. The summed E-state index contributed by atoms with van der Waals surface area (Å²) in [5.41, 5.74) is 6.21. The smallest absolute Gasteiger partial charge is 0.280 e. The maximum Gasteiger partial charge on any atom is 0.280 e. The number of hydrogen-bond acceptors (Lipinski definition) is 4. The maximum absolute atomic E-state index is 12.1. The Morgan fingerprint density at radius 3 is 2.74 bits per heavy atom. The fourth-order valence-electron chi connectivity index (χ4n) is 3.31. The van der Waals surface area contributed by atoms with Gasteiger partial charge in [0.2, 0.25) is 0 Å². The van der Waals surface area contributed by atoms with E-state index in [1.54, 1.807) is 6.07 Å². The van der Waals surface area contributed by atoms with E-state index >= 15 is 0 Å². The third-order valence-electron chi connectivity index (χ3n) is 4.64. The lowest BCUT2D eigenvalue weighted by Gasteiger charge is -2.27. The molecule has 23 heavy (non-hydrogen) atoms. The molecule has 0 unspecified atom stereocenters. The van der Waals surface area contributed by atoms with Crippen LogP contribution >= 0.6 is 11.8 Å². The Labute approximate surface area is 141 Å². The molecule has 0 bridgehead atoms. The number of rotatable bonds is 5. The van der Waals surface area contributed by atoms with Crippen molar-refractivity contribution in [1.82, 2.24) is 0 Å². The van der Waals surface area contributed by atoms with Crippen molar-refractivity contribution in [2.45, 2.75) is 37.4 Å². The van der Waals surface area contributed by atoms with Crippen molar-refractivity contribution in [2.24, 2.45) is 21.6 Å². The van der Waals surface area contributed by atoms with Crippen LogP contribution in [0.2, 0.25) is 0 Å². The number of benzene rings is 1. The van der Waals surface area contributed by atoms with Gasteiger partial charge < -0.3 is 5.73 Å². The van der Waals surface area contributed by atoms with E-state index in [4.69, 9.17) is 5.73 Å². The van der Waals surface area contributed by atoms with E-state index in [0.29, 0.717) is 27.8 Å². The van der Waals surface area contributed by atoms with Gasteiger partial charge in [-0.1, -0.05) is 18.7 Å². The van der Waals surface area contributed by atoms with Crippen molar-refractivity contribution < 1.29 is 4.79 Å². The lowest BCUT2D eigenvalue weighted by Crippen LogP contribution is -2.34. The summed E-state index contributed by atoms with van der Waals surface area (Å²) in [4.78, 5) is 20.8. The van der Waals surface area contributed by atoms with Gasteiger partial charge in [0.1, 0.15) is 5.84 Å². The number of carbonyl (C=O) groups excluding carboxylic acids is 1. The Bertz CT molecular complexity index is 720. The number of fused-ring (bicyclic) bond motifs is 1. The molecule has 0 saturated heterocycles. The fourth-order valence-corrected chi connectivity index (χ4v) is 4.43. The minimum absolute atomic E-state index is 0.192. The molecule has 0 aromatic heterocycles. The first kappa shape index (κ1) is 16.4. The van der Waals surface area contributed by atoms with Crippen LogP contribution in [0, 0.1) is 5.92 Å². The molecule has 4 nitrogen and oxygen atoms in total. The number of carbonyl (C=O) groups is 1. The molecule has 1 fully saturated rings. The molecule has 0 atom stereocenters. The predicted molar refractivity (Wildman–Crippen MR) is 96.4 cm³/mol. The summed E-state index contributed by atoms with van der Waals surface area (Å²) in [6.07, 6.45) is 6.14. The standard InChI is InChI=1S/C18H23N3OS/c1-12-3-2-4-15-17(12)20-16(21-18(15)22)11-23-14-7-5-13(6-8-14)9-10-19/h2-4,13-14H,1,5-11,19H2. The molecule has 1 aliphatic heterocycles. The number of amidine groups is 1. The minimum Gasteiger partial charge on any atom is -0.330 e. The van der Waals surface area contributed by atoms with Crippen molar-refractivity contribution in [2.75, 3.05) is 12.3 Å². The Kier molecular flexibility index (Phi) is 5.28. The first-order valence-corrected chi connectivity index (χ1v) is 9.32. The summed E-state index contributed by atoms with van der Waals surface area (Å²) in [5.74, 6) is 1.94. The summed E-state index contributed by atoms with van der Waals surface area (Å²) in [6, 6.07) is 5.47. The zero-order valence-electron chi connectivity index (χ0n) is 13.3. The normalized spacial score (nSPS) is 23.9. The average molecular weight is 329 g/mol. The van der Waals surface area contributed by atoms with Crippen LogP contribution < -0.4 is 16.3 Å². The Morgan fingerprint density at radius 1 is 1.22 bits per heavy atom. The van der Waals surface area contributed by atoms with Crippen LogP contribution in [-0.4, -0.2) is 29.3 Å². The molecule has 3 rings (SSSR count). The molecule has 1 saturated carbocycles. The molecule has 2 N–H and O–H groups in total. The SMILES string of the molecule is C=c1cccc2c1=NC(CSC1CCC(CCN)CC1)=NC2=O. The molecule has 1 aromatic rings. The molecule has 1 heterocycles. The fraction of sp³-hybridized carbons (Fsp3) is 0.500. The maximum atomic E-state index is 12.1. The second-order valence-corrected chi connectivity index (χ2v) is 7.58. The minimum atomic E-state index is -0.192. The predicted octanol–water partition coefficient (Wildman–Crippen LogP) is 1.91. The van der Waals surface area contributed by atoms with E-state index in [1.807, 2.05) is 23.9 Å². The van der Waals surface area contributed by atoms with Gasteiger partial charge in [-0.3, -0.25) is 4.79 Å².